The molecule has 0 aliphatic rings. The first kappa shape index (κ1) is 21.8. The number of imidazole rings is 1. The molecule has 0 saturated carbocycles. The van der Waals surface area contributed by atoms with Gasteiger partial charge in [-0.25, -0.2) is 4.98 Å². The summed E-state index contributed by atoms with van der Waals surface area (Å²) in [6.45, 7) is 8.78. The molecule has 1 atom stereocenters. The largest absolute Gasteiger partial charge is 0.481 e. The minimum absolute atomic E-state index is 0.00502. The third-order valence-electron chi connectivity index (χ3n) is 5.64. The Morgan fingerprint density at radius 3 is 2.57 bits per heavy atom. The zero-order valence-corrected chi connectivity index (χ0v) is 18.5. The maximum absolute atomic E-state index is 12.1. The lowest BCUT2D eigenvalue weighted by Crippen LogP contribution is -2.18. The average molecular weight is 410 g/mol. The van der Waals surface area contributed by atoms with Crippen molar-refractivity contribution < 1.29 is 9.90 Å². The van der Waals surface area contributed by atoms with Gasteiger partial charge >= 0.3 is 5.97 Å². The molecule has 0 spiro atoms. The quantitative estimate of drug-likeness (QED) is 0.598. The summed E-state index contributed by atoms with van der Waals surface area (Å²) in [6.07, 6.45) is 3.86. The highest BCUT2D eigenvalue weighted by Crippen LogP contribution is 2.27. The normalized spacial score (nSPS) is 12.6. The van der Waals surface area contributed by atoms with Crippen LogP contribution in [0.5, 0.6) is 0 Å². The van der Waals surface area contributed by atoms with E-state index in [9.17, 15) is 14.7 Å². The number of carboxylic acid groups (broad SMARTS) is 1. The average Bonchev–Trinajstić information content (AvgIpc) is 3.06. The smallest absolute Gasteiger partial charge is 0.306 e. The number of aryl methyl sites for hydroxylation is 4. The number of carbonyl (C=O) groups is 1. The summed E-state index contributed by atoms with van der Waals surface area (Å²) in [5, 5.41) is 9.49. The monoisotopic (exact) mass is 409 g/mol. The molecule has 3 rings (SSSR count). The summed E-state index contributed by atoms with van der Waals surface area (Å²) in [5.41, 5.74) is 4.63. The Labute approximate surface area is 177 Å². The fourth-order valence-electron chi connectivity index (χ4n) is 4.12. The van der Waals surface area contributed by atoms with Crippen molar-refractivity contribution in [2.45, 2.75) is 53.5 Å². The molecule has 0 unspecified atom stereocenters. The van der Waals surface area contributed by atoms with E-state index in [0.29, 0.717) is 30.7 Å². The van der Waals surface area contributed by atoms with Gasteiger partial charge in [-0.15, -0.1) is 0 Å². The van der Waals surface area contributed by atoms with Gasteiger partial charge in [0.1, 0.15) is 5.82 Å². The van der Waals surface area contributed by atoms with E-state index in [1.54, 1.807) is 11.6 Å². The van der Waals surface area contributed by atoms with Crippen LogP contribution in [0.15, 0.2) is 35.3 Å². The Morgan fingerprint density at radius 2 is 1.97 bits per heavy atom. The van der Waals surface area contributed by atoms with Gasteiger partial charge < -0.3 is 14.2 Å². The van der Waals surface area contributed by atoms with E-state index >= 15 is 0 Å². The minimum Gasteiger partial charge on any atom is -0.481 e. The van der Waals surface area contributed by atoms with Gasteiger partial charge in [-0.2, -0.15) is 0 Å². The topological polar surface area (TPSA) is 77.1 Å². The predicted octanol–water partition coefficient (Wildman–Crippen LogP) is 4.41. The van der Waals surface area contributed by atoms with Crippen LogP contribution >= 0.6 is 0 Å². The van der Waals surface area contributed by atoms with E-state index in [1.165, 1.54) is 0 Å². The number of hydrogen-bond donors (Lipinski definition) is 1. The number of nitrogens with zero attached hydrogens (tertiary/aromatic N) is 3. The first-order valence-electron chi connectivity index (χ1n) is 10.6. The van der Waals surface area contributed by atoms with Gasteiger partial charge in [0.05, 0.1) is 17.0 Å². The van der Waals surface area contributed by atoms with Crippen LogP contribution in [-0.2, 0) is 24.8 Å². The minimum atomic E-state index is -0.715. The van der Waals surface area contributed by atoms with E-state index in [0.717, 1.165) is 34.5 Å². The van der Waals surface area contributed by atoms with E-state index in [2.05, 4.69) is 43.5 Å². The number of rotatable bonds is 8. The fourth-order valence-corrected chi connectivity index (χ4v) is 4.12. The standard InChI is InChI=1S/C24H31N3O3/c1-6-27-21-10-8-17(7-9-18(24(29)30)11-15(2)3)13-20(21)25-22(27)19-12-16(4)23(28)26(5)14-19/h8,10,12-15,18H,6-7,9,11H2,1-5H3,(H,29,30)/t18-/m0/s1. The molecule has 6 nitrogen and oxygen atoms in total. The first-order valence-corrected chi connectivity index (χ1v) is 10.6. The van der Waals surface area contributed by atoms with Crippen molar-refractivity contribution in [1.29, 1.82) is 0 Å². The molecule has 2 heterocycles. The van der Waals surface area contributed by atoms with Gasteiger partial charge in [0, 0.05) is 30.9 Å². The number of fused-ring (bicyclic) bond motifs is 1. The maximum Gasteiger partial charge on any atom is 0.306 e. The first-order chi connectivity index (χ1) is 14.2. The molecule has 0 fully saturated rings. The zero-order chi connectivity index (χ0) is 22.0. The van der Waals surface area contributed by atoms with Crippen LogP contribution in [0.25, 0.3) is 22.4 Å². The van der Waals surface area contributed by atoms with E-state index < -0.39 is 5.97 Å². The molecule has 0 radical (unpaired) electrons. The molecule has 0 aliphatic heterocycles. The van der Waals surface area contributed by atoms with E-state index in [4.69, 9.17) is 4.98 Å². The molecular formula is C24H31N3O3. The molecule has 1 aromatic carbocycles. The highest BCUT2D eigenvalue weighted by molar-refractivity contribution is 5.81. The summed E-state index contributed by atoms with van der Waals surface area (Å²) < 4.78 is 3.74. The number of aliphatic carboxylic acids is 1. The third kappa shape index (κ3) is 4.48. The van der Waals surface area contributed by atoms with Crippen molar-refractivity contribution in [3.63, 3.8) is 0 Å². The van der Waals surface area contributed by atoms with Crippen molar-refractivity contribution in [2.75, 3.05) is 0 Å². The number of hydrogen-bond acceptors (Lipinski definition) is 3. The molecule has 160 valence electrons. The lowest BCUT2D eigenvalue weighted by Gasteiger charge is -2.14. The van der Waals surface area contributed by atoms with Gasteiger partial charge in [0.25, 0.3) is 5.56 Å². The highest BCUT2D eigenvalue weighted by atomic mass is 16.4. The van der Waals surface area contributed by atoms with Crippen LogP contribution in [0.1, 0.15) is 44.7 Å². The van der Waals surface area contributed by atoms with Crippen molar-refractivity contribution in [2.24, 2.45) is 18.9 Å². The zero-order valence-electron chi connectivity index (χ0n) is 18.5. The van der Waals surface area contributed by atoms with E-state index in [1.807, 2.05) is 19.2 Å². The van der Waals surface area contributed by atoms with Crippen LogP contribution in [0.3, 0.4) is 0 Å². The summed E-state index contributed by atoms with van der Waals surface area (Å²) in [5.74, 6) is 0.165. The second-order valence-electron chi connectivity index (χ2n) is 8.53. The van der Waals surface area contributed by atoms with Crippen molar-refractivity contribution in [3.05, 3.63) is 51.9 Å². The maximum atomic E-state index is 12.1. The van der Waals surface area contributed by atoms with Crippen LogP contribution in [0.2, 0.25) is 0 Å². The number of benzene rings is 1. The van der Waals surface area contributed by atoms with Crippen LogP contribution in [-0.4, -0.2) is 25.2 Å². The lowest BCUT2D eigenvalue weighted by atomic mass is 9.91. The second-order valence-corrected chi connectivity index (χ2v) is 8.53. The molecule has 0 bridgehead atoms. The molecule has 3 aromatic rings. The molecule has 0 amide bonds. The summed E-state index contributed by atoms with van der Waals surface area (Å²) in [4.78, 5) is 28.5. The highest BCUT2D eigenvalue weighted by Gasteiger charge is 2.19. The summed E-state index contributed by atoms with van der Waals surface area (Å²) in [6, 6.07) is 8.09. The molecule has 0 aliphatic carbocycles. The van der Waals surface area contributed by atoms with Gasteiger partial charge in [-0.3, -0.25) is 9.59 Å². The number of carboxylic acids is 1. The summed E-state index contributed by atoms with van der Waals surface area (Å²) >= 11 is 0. The molecule has 30 heavy (non-hydrogen) atoms. The predicted molar refractivity (Wildman–Crippen MR) is 120 cm³/mol. The molecule has 0 saturated heterocycles. The van der Waals surface area contributed by atoms with Crippen LogP contribution < -0.4 is 5.56 Å². The van der Waals surface area contributed by atoms with Crippen molar-refractivity contribution in [1.82, 2.24) is 14.1 Å². The lowest BCUT2D eigenvalue weighted by molar-refractivity contribution is -0.142. The van der Waals surface area contributed by atoms with Gasteiger partial charge in [-0.05, 0) is 62.8 Å². The SMILES string of the molecule is CCn1c(-c2cc(C)c(=O)n(C)c2)nc2cc(CC[C@@H](CC(C)C)C(=O)O)ccc21. The van der Waals surface area contributed by atoms with Crippen molar-refractivity contribution >= 4 is 17.0 Å². The number of pyridine rings is 1. The van der Waals surface area contributed by atoms with Gasteiger partial charge in [0.2, 0.25) is 0 Å². The van der Waals surface area contributed by atoms with Gasteiger partial charge in [-0.1, -0.05) is 19.9 Å². The van der Waals surface area contributed by atoms with E-state index in [-0.39, 0.29) is 11.5 Å². The molecule has 1 N–H and O–H groups in total. The fraction of sp³-hybridized carbons (Fsp3) is 0.458. The molecule has 2 aromatic heterocycles. The van der Waals surface area contributed by atoms with Crippen molar-refractivity contribution in [3.8, 4) is 11.4 Å². The second kappa shape index (κ2) is 8.86. The van der Waals surface area contributed by atoms with Gasteiger partial charge in [0.15, 0.2) is 0 Å². The Balaban J connectivity index is 1.94. The van der Waals surface area contributed by atoms with Crippen LogP contribution in [0.4, 0.5) is 0 Å². The molecular weight excluding hydrogens is 378 g/mol. The molecule has 6 heteroatoms. The Bertz CT molecular complexity index is 1100. The Hall–Kier alpha value is -2.89. The van der Waals surface area contributed by atoms with Crippen LogP contribution in [0, 0.1) is 18.8 Å². The Kier molecular flexibility index (Phi) is 6.44. The Morgan fingerprint density at radius 1 is 1.23 bits per heavy atom. The summed E-state index contributed by atoms with van der Waals surface area (Å²) in [7, 11) is 1.76. The third-order valence-corrected chi connectivity index (χ3v) is 5.64. The number of aromatic nitrogens is 3.